The van der Waals surface area contributed by atoms with E-state index in [4.69, 9.17) is 0 Å². The Labute approximate surface area is 155 Å². The number of anilines is 1. The molecule has 5 nitrogen and oxygen atoms in total. The van der Waals surface area contributed by atoms with Crippen molar-refractivity contribution in [2.75, 3.05) is 12.4 Å². The summed E-state index contributed by atoms with van der Waals surface area (Å²) in [6, 6.07) is 13.8. The molecule has 1 amide bonds. The van der Waals surface area contributed by atoms with Gasteiger partial charge in [-0.3, -0.25) is 9.69 Å². The number of benzene rings is 2. The number of aromatic nitrogens is 2. The monoisotopic (exact) mass is 370 g/mol. The molecule has 0 saturated heterocycles. The second-order valence-corrected chi connectivity index (χ2v) is 7.12. The molecule has 0 radical (unpaired) electrons. The fourth-order valence-corrected chi connectivity index (χ4v) is 3.31. The lowest BCUT2D eigenvalue weighted by molar-refractivity contribution is 0.102. The largest absolute Gasteiger partial charge is 0.320 e. The number of amides is 1. The van der Waals surface area contributed by atoms with Crippen molar-refractivity contribution >= 4 is 22.9 Å². The van der Waals surface area contributed by atoms with Crippen LogP contribution < -0.4 is 5.32 Å². The first-order chi connectivity index (χ1) is 12.5. The molecular weight excluding hydrogens is 351 g/mol. The summed E-state index contributed by atoms with van der Waals surface area (Å²) in [6.07, 6.45) is 0. The molecule has 0 aliphatic heterocycles. The van der Waals surface area contributed by atoms with E-state index >= 15 is 0 Å². The van der Waals surface area contributed by atoms with Gasteiger partial charge in [-0.15, -0.1) is 10.2 Å². The summed E-state index contributed by atoms with van der Waals surface area (Å²) in [5, 5.41) is 11.8. The van der Waals surface area contributed by atoms with E-state index in [1.54, 1.807) is 0 Å². The summed E-state index contributed by atoms with van der Waals surface area (Å²) in [5.74, 6) is -0.695. The average Bonchev–Trinajstić information content (AvgIpc) is 3.07. The fraction of sp³-hybridized carbons (Fsp3) is 0.211. The first-order valence-electron chi connectivity index (χ1n) is 8.13. The smallest absolute Gasteiger partial charge is 0.286 e. The molecule has 7 heteroatoms. The molecular formula is C19H19FN4OS. The van der Waals surface area contributed by atoms with Crippen LogP contribution in [0.15, 0.2) is 48.5 Å². The van der Waals surface area contributed by atoms with Crippen molar-refractivity contribution in [2.45, 2.75) is 20.0 Å². The highest BCUT2D eigenvalue weighted by atomic mass is 32.1. The van der Waals surface area contributed by atoms with Gasteiger partial charge in [0.05, 0.1) is 6.54 Å². The zero-order chi connectivity index (χ0) is 18.5. The molecule has 0 unspecified atom stereocenters. The first kappa shape index (κ1) is 18.2. The van der Waals surface area contributed by atoms with Crippen LogP contribution in [0.5, 0.6) is 0 Å². The Morgan fingerprint density at radius 2 is 1.85 bits per heavy atom. The van der Waals surface area contributed by atoms with Crippen molar-refractivity contribution in [3.8, 4) is 0 Å². The van der Waals surface area contributed by atoms with Gasteiger partial charge in [-0.2, -0.15) is 0 Å². The second-order valence-electron chi connectivity index (χ2n) is 6.06. The molecule has 26 heavy (non-hydrogen) atoms. The van der Waals surface area contributed by atoms with Crippen LogP contribution in [-0.2, 0) is 13.1 Å². The molecule has 0 bridgehead atoms. The van der Waals surface area contributed by atoms with Crippen LogP contribution in [0.4, 0.5) is 10.1 Å². The number of nitrogens with one attached hydrogen (secondary N) is 1. The molecule has 134 valence electrons. The molecule has 1 N–H and O–H groups in total. The van der Waals surface area contributed by atoms with Crippen LogP contribution in [0.3, 0.4) is 0 Å². The van der Waals surface area contributed by atoms with E-state index < -0.39 is 0 Å². The zero-order valence-electron chi connectivity index (χ0n) is 14.6. The summed E-state index contributed by atoms with van der Waals surface area (Å²) >= 11 is 1.26. The topological polar surface area (TPSA) is 58.1 Å². The Hall–Kier alpha value is -2.64. The number of carbonyl (C=O) groups excluding carboxylic acids is 1. The lowest BCUT2D eigenvalue weighted by atomic mass is 10.1. The third kappa shape index (κ3) is 4.71. The minimum Gasteiger partial charge on any atom is -0.320 e. The van der Waals surface area contributed by atoms with Crippen molar-refractivity contribution in [1.82, 2.24) is 15.1 Å². The van der Waals surface area contributed by atoms with Gasteiger partial charge in [0.25, 0.3) is 5.91 Å². The Kier molecular flexibility index (Phi) is 5.70. The number of hydrogen-bond donors (Lipinski definition) is 1. The number of carbonyl (C=O) groups is 1. The first-order valence-corrected chi connectivity index (χ1v) is 8.95. The van der Waals surface area contributed by atoms with E-state index in [9.17, 15) is 9.18 Å². The van der Waals surface area contributed by atoms with Crippen molar-refractivity contribution in [2.24, 2.45) is 0 Å². The standard InChI is InChI=1S/C19H19FN4OS/c1-13-5-3-4-6-14(13)11-24(2)12-17-22-23-19(26-17)18(25)21-16-9-7-15(20)8-10-16/h3-10H,11-12H2,1-2H3,(H,21,25). The van der Waals surface area contributed by atoms with Gasteiger partial charge < -0.3 is 5.32 Å². The van der Waals surface area contributed by atoms with Crippen molar-refractivity contribution in [3.63, 3.8) is 0 Å². The minimum absolute atomic E-state index is 0.286. The SMILES string of the molecule is Cc1ccccc1CN(C)Cc1nnc(C(=O)Nc2ccc(F)cc2)s1. The number of aryl methyl sites for hydroxylation is 1. The molecule has 0 aliphatic carbocycles. The van der Waals surface area contributed by atoms with Gasteiger partial charge in [-0.05, 0) is 49.4 Å². The van der Waals surface area contributed by atoms with E-state index in [2.05, 4.69) is 39.5 Å². The maximum Gasteiger partial charge on any atom is 0.286 e. The van der Waals surface area contributed by atoms with E-state index in [0.717, 1.165) is 11.6 Å². The molecule has 0 aliphatic rings. The van der Waals surface area contributed by atoms with Gasteiger partial charge in [0.15, 0.2) is 0 Å². The molecule has 3 aromatic rings. The maximum atomic E-state index is 12.9. The Morgan fingerprint density at radius 1 is 1.12 bits per heavy atom. The van der Waals surface area contributed by atoms with E-state index in [-0.39, 0.29) is 16.7 Å². The molecule has 1 aromatic heterocycles. The van der Waals surface area contributed by atoms with E-state index in [1.165, 1.54) is 46.7 Å². The highest BCUT2D eigenvalue weighted by Gasteiger charge is 2.14. The Balaban J connectivity index is 1.59. The molecule has 2 aromatic carbocycles. The summed E-state index contributed by atoms with van der Waals surface area (Å²) < 4.78 is 12.9. The molecule has 0 atom stereocenters. The normalized spacial score (nSPS) is 10.9. The number of halogens is 1. The van der Waals surface area contributed by atoms with Crippen LogP contribution in [0.2, 0.25) is 0 Å². The quantitative estimate of drug-likeness (QED) is 0.716. The third-order valence-corrected chi connectivity index (χ3v) is 4.78. The second kappa shape index (κ2) is 8.16. The molecule has 0 spiro atoms. The number of nitrogens with zero attached hydrogens (tertiary/aromatic N) is 3. The van der Waals surface area contributed by atoms with Crippen LogP contribution in [0.25, 0.3) is 0 Å². The average molecular weight is 370 g/mol. The van der Waals surface area contributed by atoms with Gasteiger partial charge in [0.2, 0.25) is 5.01 Å². The third-order valence-electron chi connectivity index (χ3n) is 3.87. The maximum absolute atomic E-state index is 12.9. The van der Waals surface area contributed by atoms with Crippen LogP contribution >= 0.6 is 11.3 Å². The van der Waals surface area contributed by atoms with E-state index in [1.807, 2.05) is 19.2 Å². The van der Waals surface area contributed by atoms with Crippen molar-refractivity contribution in [3.05, 3.63) is 75.5 Å². The minimum atomic E-state index is -0.349. The molecule has 1 heterocycles. The van der Waals surface area contributed by atoms with Crippen LogP contribution in [-0.4, -0.2) is 28.1 Å². The zero-order valence-corrected chi connectivity index (χ0v) is 15.4. The van der Waals surface area contributed by atoms with Gasteiger partial charge in [0.1, 0.15) is 10.8 Å². The fourth-order valence-electron chi connectivity index (χ4n) is 2.49. The number of hydrogen-bond acceptors (Lipinski definition) is 5. The lowest BCUT2D eigenvalue weighted by Gasteiger charge is -2.16. The molecule has 0 fully saturated rings. The van der Waals surface area contributed by atoms with Crippen LogP contribution in [0.1, 0.15) is 25.9 Å². The van der Waals surface area contributed by atoms with Crippen molar-refractivity contribution < 1.29 is 9.18 Å². The van der Waals surface area contributed by atoms with Gasteiger partial charge >= 0.3 is 0 Å². The van der Waals surface area contributed by atoms with E-state index in [0.29, 0.717) is 12.2 Å². The summed E-state index contributed by atoms with van der Waals surface area (Å²) in [4.78, 5) is 14.4. The van der Waals surface area contributed by atoms with Gasteiger partial charge in [-0.1, -0.05) is 35.6 Å². The highest BCUT2D eigenvalue weighted by Crippen LogP contribution is 2.17. The van der Waals surface area contributed by atoms with Crippen molar-refractivity contribution in [1.29, 1.82) is 0 Å². The summed E-state index contributed by atoms with van der Waals surface area (Å²) in [5.41, 5.74) is 3.02. The summed E-state index contributed by atoms with van der Waals surface area (Å²) in [7, 11) is 2.01. The Bertz CT molecular complexity index is 895. The lowest BCUT2D eigenvalue weighted by Crippen LogP contribution is -2.17. The molecule has 0 saturated carbocycles. The summed E-state index contributed by atoms with van der Waals surface area (Å²) in [6.45, 7) is 3.49. The van der Waals surface area contributed by atoms with Gasteiger partial charge in [0, 0.05) is 12.2 Å². The Morgan fingerprint density at radius 3 is 2.58 bits per heavy atom. The predicted octanol–water partition coefficient (Wildman–Crippen LogP) is 3.87. The van der Waals surface area contributed by atoms with Gasteiger partial charge in [-0.25, -0.2) is 4.39 Å². The highest BCUT2D eigenvalue weighted by molar-refractivity contribution is 7.13. The number of rotatable bonds is 6. The molecule has 3 rings (SSSR count). The van der Waals surface area contributed by atoms with Crippen LogP contribution in [0, 0.1) is 12.7 Å². The predicted molar refractivity (Wildman–Crippen MR) is 101 cm³/mol.